The van der Waals surface area contributed by atoms with E-state index in [1.807, 2.05) is 28.9 Å². The number of aromatic nitrogens is 2. The summed E-state index contributed by atoms with van der Waals surface area (Å²) in [7, 11) is 2.17. The minimum Gasteiger partial charge on any atom is -0.304 e. The molecule has 31 heavy (non-hydrogen) atoms. The molecule has 0 unspecified atom stereocenters. The molecule has 0 saturated carbocycles. The maximum atomic E-state index is 11.8. The van der Waals surface area contributed by atoms with E-state index in [0.29, 0.717) is 4.91 Å². The molecule has 0 aliphatic carbocycles. The van der Waals surface area contributed by atoms with Crippen molar-refractivity contribution >= 4 is 34.6 Å². The molecule has 2 saturated heterocycles. The number of rotatable bonds is 4. The van der Waals surface area contributed by atoms with Crippen LogP contribution < -0.4 is 5.32 Å². The SMILES string of the molecule is CN1CCN(Cc2ccc(-c3cnc4ccc(C=C5SC(=O)NC5=O)cn34)cc2)CC1. The summed E-state index contributed by atoms with van der Waals surface area (Å²) in [5.74, 6) is -0.350. The Labute approximate surface area is 184 Å². The number of carbonyl (C=O) groups excluding carboxylic acids is 2. The van der Waals surface area contributed by atoms with Crippen LogP contribution in [0.5, 0.6) is 0 Å². The Balaban J connectivity index is 1.38. The van der Waals surface area contributed by atoms with Crippen molar-refractivity contribution in [2.45, 2.75) is 6.54 Å². The van der Waals surface area contributed by atoms with E-state index in [1.165, 1.54) is 5.56 Å². The van der Waals surface area contributed by atoms with Gasteiger partial charge in [-0.3, -0.25) is 24.2 Å². The van der Waals surface area contributed by atoms with E-state index in [0.717, 1.165) is 67.0 Å². The predicted octanol–water partition coefficient (Wildman–Crippen LogP) is 3.07. The zero-order valence-electron chi connectivity index (χ0n) is 17.2. The molecule has 4 heterocycles. The summed E-state index contributed by atoms with van der Waals surface area (Å²) in [6.07, 6.45) is 5.54. The highest BCUT2D eigenvalue weighted by molar-refractivity contribution is 8.18. The number of imide groups is 1. The normalized spacial score (nSPS) is 19.5. The third-order valence-corrected chi connectivity index (χ3v) is 6.53. The molecule has 2 fully saturated rings. The van der Waals surface area contributed by atoms with E-state index in [-0.39, 0.29) is 11.1 Å². The Kier molecular flexibility index (Phi) is 5.35. The number of hydrogen-bond acceptors (Lipinski definition) is 6. The first-order valence-corrected chi connectivity index (χ1v) is 11.1. The standard InChI is InChI=1S/C23H23N5O2S/c1-26-8-10-27(11-9-26)14-16-2-5-18(6-3-16)19-13-24-21-7-4-17(15-28(19)21)12-20-22(29)25-23(30)31-20/h2-7,12-13,15H,8-11,14H2,1H3,(H,25,29,30). The van der Waals surface area contributed by atoms with Crippen molar-refractivity contribution in [3.8, 4) is 11.3 Å². The predicted molar refractivity (Wildman–Crippen MR) is 123 cm³/mol. The highest BCUT2D eigenvalue weighted by Crippen LogP contribution is 2.27. The number of benzene rings is 1. The summed E-state index contributed by atoms with van der Waals surface area (Å²) in [5.41, 5.74) is 5.05. The zero-order chi connectivity index (χ0) is 21.4. The number of fused-ring (bicyclic) bond motifs is 1. The van der Waals surface area contributed by atoms with Gasteiger partial charge in [-0.25, -0.2) is 4.98 Å². The summed E-state index contributed by atoms with van der Waals surface area (Å²) in [6, 6.07) is 12.5. The molecular formula is C23H23N5O2S. The first-order chi connectivity index (χ1) is 15.0. The van der Waals surface area contributed by atoms with E-state index in [1.54, 1.807) is 6.08 Å². The van der Waals surface area contributed by atoms with Crippen LogP contribution in [0.1, 0.15) is 11.1 Å². The zero-order valence-corrected chi connectivity index (χ0v) is 18.1. The number of nitrogens with one attached hydrogen (secondary N) is 1. The highest BCUT2D eigenvalue weighted by Gasteiger charge is 2.25. The minimum absolute atomic E-state index is 0.336. The number of carbonyl (C=O) groups is 2. The molecule has 0 spiro atoms. The van der Waals surface area contributed by atoms with Crippen LogP contribution in [0.4, 0.5) is 4.79 Å². The van der Waals surface area contributed by atoms with Gasteiger partial charge in [0.2, 0.25) is 0 Å². The summed E-state index contributed by atoms with van der Waals surface area (Å²) < 4.78 is 2.02. The van der Waals surface area contributed by atoms with Crippen molar-refractivity contribution in [3.05, 3.63) is 64.8 Å². The number of amides is 2. The second kappa shape index (κ2) is 8.30. The second-order valence-corrected chi connectivity index (χ2v) is 8.98. The van der Waals surface area contributed by atoms with Gasteiger partial charge in [-0.2, -0.15) is 0 Å². The van der Waals surface area contributed by atoms with Gasteiger partial charge in [0.05, 0.1) is 16.8 Å². The summed E-state index contributed by atoms with van der Waals surface area (Å²) in [6.45, 7) is 5.41. The van der Waals surface area contributed by atoms with Crippen LogP contribution in [0, 0.1) is 0 Å². The molecule has 3 aromatic rings. The van der Waals surface area contributed by atoms with Crippen molar-refractivity contribution in [3.63, 3.8) is 0 Å². The van der Waals surface area contributed by atoms with Crippen LogP contribution in [0.15, 0.2) is 53.7 Å². The molecule has 0 atom stereocenters. The Morgan fingerprint density at radius 2 is 1.84 bits per heavy atom. The molecule has 8 heteroatoms. The monoisotopic (exact) mass is 433 g/mol. The molecule has 1 aromatic carbocycles. The molecular weight excluding hydrogens is 410 g/mol. The topological polar surface area (TPSA) is 69.9 Å². The lowest BCUT2D eigenvalue weighted by molar-refractivity contribution is -0.115. The fourth-order valence-electron chi connectivity index (χ4n) is 3.91. The second-order valence-electron chi connectivity index (χ2n) is 7.96. The Bertz CT molecular complexity index is 1180. The van der Waals surface area contributed by atoms with Crippen LogP contribution in [0.2, 0.25) is 0 Å². The van der Waals surface area contributed by atoms with Crippen LogP contribution >= 0.6 is 11.8 Å². The molecule has 7 nitrogen and oxygen atoms in total. The molecule has 2 amide bonds. The fourth-order valence-corrected chi connectivity index (χ4v) is 4.60. The van der Waals surface area contributed by atoms with Gasteiger partial charge in [0, 0.05) is 44.5 Å². The molecule has 0 bridgehead atoms. The van der Waals surface area contributed by atoms with Gasteiger partial charge in [-0.1, -0.05) is 24.3 Å². The molecule has 2 aromatic heterocycles. The summed E-state index contributed by atoms with van der Waals surface area (Å²) >= 11 is 0.922. The number of nitrogens with zero attached hydrogens (tertiary/aromatic N) is 4. The maximum absolute atomic E-state index is 11.8. The molecule has 0 radical (unpaired) electrons. The number of pyridine rings is 1. The summed E-state index contributed by atoms with van der Waals surface area (Å²) in [5, 5.41) is 1.95. The van der Waals surface area contributed by atoms with Crippen LogP contribution in [-0.4, -0.2) is 63.6 Å². The summed E-state index contributed by atoms with van der Waals surface area (Å²) in [4.78, 5) is 33.0. The molecule has 2 aliphatic rings. The van der Waals surface area contributed by atoms with Crippen LogP contribution in [-0.2, 0) is 11.3 Å². The molecule has 1 N–H and O–H groups in total. The quantitative estimate of drug-likeness (QED) is 0.638. The van der Waals surface area contributed by atoms with Crippen LogP contribution in [0.3, 0.4) is 0 Å². The maximum Gasteiger partial charge on any atom is 0.290 e. The van der Waals surface area contributed by atoms with Gasteiger partial charge in [-0.05, 0) is 48.1 Å². The lowest BCUT2D eigenvalue weighted by atomic mass is 10.1. The number of imidazole rings is 1. The highest BCUT2D eigenvalue weighted by atomic mass is 32.2. The Morgan fingerprint density at radius 1 is 1.06 bits per heavy atom. The average molecular weight is 434 g/mol. The smallest absolute Gasteiger partial charge is 0.290 e. The number of likely N-dealkylation sites (N-methyl/N-ethyl adjacent to an activating group) is 1. The van der Waals surface area contributed by atoms with Gasteiger partial charge in [0.25, 0.3) is 11.1 Å². The van der Waals surface area contributed by atoms with E-state index in [9.17, 15) is 9.59 Å². The molecule has 2 aliphatic heterocycles. The van der Waals surface area contributed by atoms with Gasteiger partial charge >= 0.3 is 0 Å². The largest absolute Gasteiger partial charge is 0.304 e. The van der Waals surface area contributed by atoms with Crippen molar-refractivity contribution < 1.29 is 9.59 Å². The minimum atomic E-state index is -0.350. The average Bonchev–Trinajstić information content (AvgIpc) is 3.32. The fraction of sp³-hybridized carbons (Fsp3) is 0.261. The van der Waals surface area contributed by atoms with Gasteiger partial charge in [0.1, 0.15) is 5.65 Å². The first kappa shape index (κ1) is 20.0. The van der Waals surface area contributed by atoms with Crippen molar-refractivity contribution in [1.29, 1.82) is 0 Å². The Morgan fingerprint density at radius 3 is 2.55 bits per heavy atom. The number of piperazine rings is 1. The van der Waals surface area contributed by atoms with E-state index >= 15 is 0 Å². The lowest BCUT2D eigenvalue weighted by Crippen LogP contribution is -2.43. The van der Waals surface area contributed by atoms with Gasteiger partial charge in [0.15, 0.2) is 0 Å². The molecule has 5 rings (SSSR count). The van der Waals surface area contributed by atoms with Crippen LogP contribution in [0.25, 0.3) is 23.0 Å². The Hall–Kier alpha value is -2.94. The third-order valence-electron chi connectivity index (χ3n) is 5.72. The third kappa shape index (κ3) is 4.27. The number of thioether (sulfide) groups is 1. The van der Waals surface area contributed by atoms with E-state index in [4.69, 9.17) is 0 Å². The molecule has 158 valence electrons. The van der Waals surface area contributed by atoms with Crippen molar-refractivity contribution in [2.24, 2.45) is 0 Å². The lowest BCUT2D eigenvalue weighted by Gasteiger charge is -2.32. The van der Waals surface area contributed by atoms with Crippen molar-refractivity contribution in [2.75, 3.05) is 33.2 Å². The first-order valence-electron chi connectivity index (χ1n) is 10.3. The number of hydrogen-bond donors (Lipinski definition) is 1. The van der Waals surface area contributed by atoms with Gasteiger partial charge < -0.3 is 4.90 Å². The van der Waals surface area contributed by atoms with Gasteiger partial charge in [-0.15, -0.1) is 0 Å². The van der Waals surface area contributed by atoms with E-state index in [2.05, 4.69) is 51.4 Å². The van der Waals surface area contributed by atoms with Crippen molar-refractivity contribution in [1.82, 2.24) is 24.5 Å². The van der Waals surface area contributed by atoms with E-state index < -0.39 is 0 Å².